The summed E-state index contributed by atoms with van der Waals surface area (Å²) < 4.78 is 4.47. The van der Waals surface area contributed by atoms with Crippen LogP contribution in [0.3, 0.4) is 0 Å². The largest absolute Gasteiger partial charge is 0.353 e. The van der Waals surface area contributed by atoms with Gasteiger partial charge < -0.3 is 9.36 Å². The monoisotopic (exact) mass is 230 g/mol. The van der Waals surface area contributed by atoms with Gasteiger partial charge in [-0.3, -0.25) is 0 Å². The van der Waals surface area contributed by atoms with E-state index in [0.717, 1.165) is 16.9 Å². The molecule has 0 atom stereocenters. The molecule has 0 saturated carbocycles. The number of para-hydroxylation sites is 1. The topological polar surface area (TPSA) is 31.6 Å². The van der Waals surface area contributed by atoms with Crippen LogP contribution in [0, 0.1) is 0 Å². The molecule has 0 unspecified atom stereocenters. The van der Waals surface area contributed by atoms with Crippen LogP contribution in [-0.2, 0) is 0 Å². The summed E-state index contributed by atoms with van der Waals surface area (Å²) in [6.45, 7) is 5.81. The van der Waals surface area contributed by atoms with Gasteiger partial charge in [-0.25, -0.2) is 0 Å². The van der Waals surface area contributed by atoms with Crippen LogP contribution in [0.1, 0.15) is 18.3 Å². The first-order valence-corrected chi connectivity index (χ1v) is 5.95. The predicted molar refractivity (Wildman–Crippen MR) is 73.0 cm³/mol. The Balaban J connectivity index is 2.81. The van der Waals surface area contributed by atoms with E-state index < -0.39 is 0 Å². The van der Waals surface area contributed by atoms with Crippen LogP contribution in [0.15, 0.2) is 36.9 Å². The van der Waals surface area contributed by atoms with Crippen molar-refractivity contribution in [3.63, 3.8) is 0 Å². The highest BCUT2D eigenvalue weighted by Crippen LogP contribution is 2.17. The summed E-state index contributed by atoms with van der Waals surface area (Å²) in [6, 6.07) is 8.21. The molecule has 0 saturated heterocycles. The Bertz CT molecular complexity index is 568. The normalized spacial score (nSPS) is 10.8. The lowest BCUT2D eigenvalue weighted by molar-refractivity contribution is 1.32. The van der Waals surface area contributed by atoms with Crippen molar-refractivity contribution in [2.75, 3.05) is 0 Å². The van der Waals surface area contributed by atoms with Crippen LogP contribution in [0.4, 0.5) is 0 Å². The van der Waals surface area contributed by atoms with E-state index in [4.69, 9.17) is 0 Å². The van der Waals surface area contributed by atoms with Crippen molar-refractivity contribution in [2.24, 2.45) is 0 Å². The molecular formula is C13H14N2S. The average Bonchev–Trinajstić information content (AvgIpc) is 2.48. The van der Waals surface area contributed by atoms with E-state index in [-0.39, 0.29) is 0 Å². The summed E-state index contributed by atoms with van der Waals surface area (Å²) in [5.74, 6) is 0. The van der Waals surface area contributed by atoms with Gasteiger partial charge in [0.15, 0.2) is 0 Å². The molecule has 0 fully saturated rings. The summed E-state index contributed by atoms with van der Waals surface area (Å²) in [4.78, 5) is 3.40. The van der Waals surface area contributed by atoms with Gasteiger partial charge in [-0.2, -0.15) is 0 Å². The minimum atomic E-state index is 0.999. The van der Waals surface area contributed by atoms with Crippen LogP contribution in [0.2, 0.25) is 0 Å². The molecule has 3 heteroatoms. The molecule has 1 heterocycles. The standard InChI is InChI=1S/C13H14N2S/c1-3-7-11-10(4-2)15-16-13-9-6-5-8-12(13)14-11/h3-9,14-15H,2H2,1H3/b7-3-. The van der Waals surface area contributed by atoms with E-state index >= 15 is 0 Å². The second-order valence-corrected chi connectivity index (χ2v) is 4.20. The van der Waals surface area contributed by atoms with Crippen molar-refractivity contribution in [1.82, 2.24) is 9.36 Å². The van der Waals surface area contributed by atoms with Gasteiger partial charge in [-0.15, -0.1) is 0 Å². The van der Waals surface area contributed by atoms with E-state index in [0.29, 0.717) is 0 Å². The number of benzene rings is 1. The molecule has 1 aromatic heterocycles. The van der Waals surface area contributed by atoms with Crippen molar-refractivity contribution in [3.8, 4) is 0 Å². The first-order valence-electron chi connectivity index (χ1n) is 5.13. The zero-order chi connectivity index (χ0) is 11.4. The maximum atomic E-state index is 3.81. The van der Waals surface area contributed by atoms with Gasteiger partial charge in [0.2, 0.25) is 0 Å². The molecule has 2 N–H and O–H groups in total. The molecule has 0 aliphatic rings. The molecule has 82 valence electrons. The van der Waals surface area contributed by atoms with Crippen LogP contribution in [0.5, 0.6) is 0 Å². The van der Waals surface area contributed by atoms with Crippen molar-refractivity contribution in [2.45, 2.75) is 6.92 Å². The van der Waals surface area contributed by atoms with Crippen LogP contribution < -0.4 is 0 Å². The van der Waals surface area contributed by atoms with Crippen LogP contribution in [-0.4, -0.2) is 9.36 Å². The lowest BCUT2D eigenvalue weighted by Gasteiger charge is -1.95. The van der Waals surface area contributed by atoms with Crippen molar-refractivity contribution in [3.05, 3.63) is 48.3 Å². The number of hydrogen-bond acceptors (Lipinski definition) is 1. The molecule has 2 nitrogen and oxygen atoms in total. The van der Waals surface area contributed by atoms with Crippen molar-refractivity contribution in [1.29, 1.82) is 0 Å². The number of aromatic amines is 2. The molecule has 1 aromatic carbocycles. The number of nitrogens with one attached hydrogen (secondary N) is 2. The fourth-order valence-electron chi connectivity index (χ4n) is 1.49. The summed E-state index contributed by atoms with van der Waals surface area (Å²) in [6.07, 6.45) is 5.86. The third-order valence-corrected chi connectivity index (χ3v) is 3.15. The lowest BCUT2D eigenvalue weighted by atomic mass is 10.3. The molecule has 0 bridgehead atoms. The van der Waals surface area contributed by atoms with Crippen LogP contribution >= 0.6 is 11.5 Å². The van der Waals surface area contributed by atoms with Gasteiger partial charge in [-0.1, -0.05) is 36.3 Å². The fourth-order valence-corrected chi connectivity index (χ4v) is 2.27. The molecule has 0 radical (unpaired) electrons. The molecule has 2 rings (SSSR count). The van der Waals surface area contributed by atoms with E-state index in [1.807, 2.05) is 37.3 Å². The smallest absolute Gasteiger partial charge is 0.0706 e. The summed E-state index contributed by atoms with van der Waals surface area (Å²) >= 11 is 1.60. The third-order valence-electron chi connectivity index (χ3n) is 2.25. The number of hydrogen-bond donors (Lipinski definition) is 2. The molecule has 0 aliphatic carbocycles. The second kappa shape index (κ2) is 4.86. The van der Waals surface area contributed by atoms with Crippen LogP contribution in [0.25, 0.3) is 22.4 Å². The molecule has 16 heavy (non-hydrogen) atoms. The minimum Gasteiger partial charge on any atom is -0.353 e. The molecule has 0 spiro atoms. The molecule has 0 amide bonds. The Labute approximate surface area is 98.8 Å². The highest BCUT2D eigenvalue weighted by Gasteiger charge is 1.96. The number of aromatic nitrogens is 2. The van der Waals surface area contributed by atoms with Gasteiger partial charge in [-0.05, 0) is 31.2 Å². The second-order valence-electron chi connectivity index (χ2n) is 3.36. The predicted octanol–water partition coefficient (Wildman–Crippen LogP) is 4.36. The maximum absolute atomic E-state index is 3.81. The summed E-state index contributed by atoms with van der Waals surface area (Å²) in [7, 11) is 0. The zero-order valence-corrected chi connectivity index (χ0v) is 9.97. The first kappa shape index (κ1) is 10.8. The van der Waals surface area contributed by atoms with Gasteiger partial charge in [0.05, 0.1) is 21.6 Å². The summed E-state index contributed by atoms with van der Waals surface area (Å²) in [5, 5.41) is 0. The highest BCUT2D eigenvalue weighted by atomic mass is 32.1. The fraction of sp³-hybridized carbons (Fsp3) is 0.0769. The first-order chi connectivity index (χ1) is 7.85. The van der Waals surface area contributed by atoms with E-state index in [1.165, 1.54) is 4.70 Å². The van der Waals surface area contributed by atoms with Gasteiger partial charge in [0.1, 0.15) is 0 Å². The Kier molecular flexibility index (Phi) is 3.27. The molecular weight excluding hydrogens is 216 g/mol. The number of fused-ring (bicyclic) bond motifs is 1. The number of allylic oxidation sites excluding steroid dienone is 1. The molecule has 2 aromatic rings. The third kappa shape index (κ3) is 2.09. The van der Waals surface area contributed by atoms with Gasteiger partial charge in [0, 0.05) is 0 Å². The Morgan fingerprint density at radius 3 is 2.81 bits per heavy atom. The Morgan fingerprint density at radius 2 is 2.06 bits per heavy atom. The lowest BCUT2D eigenvalue weighted by Crippen LogP contribution is -1.82. The molecule has 0 aliphatic heterocycles. The average molecular weight is 230 g/mol. The number of H-pyrrole nitrogens is 2. The van der Waals surface area contributed by atoms with Gasteiger partial charge in [0.25, 0.3) is 0 Å². The van der Waals surface area contributed by atoms with Gasteiger partial charge >= 0.3 is 0 Å². The van der Waals surface area contributed by atoms with E-state index in [9.17, 15) is 0 Å². The van der Waals surface area contributed by atoms with Crippen molar-refractivity contribution < 1.29 is 0 Å². The zero-order valence-electron chi connectivity index (χ0n) is 9.16. The number of rotatable bonds is 2. The quantitative estimate of drug-likeness (QED) is 0.768. The maximum Gasteiger partial charge on any atom is 0.0706 e. The Hall–Kier alpha value is -1.74. The minimum absolute atomic E-state index is 0.999. The SMILES string of the molecule is C=Cc1[nH]sc2ccccc2[nH]c1/C=C\C. The van der Waals surface area contributed by atoms with Crippen molar-refractivity contribution >= 4 is 33.9 Å². The van der Waals surface area contributed by atoms with E-state index in [1.54, 1.807) is 11.5 Å². The highest BCUT2D eigenvalue weighted by molar-refractivity contribution is 7.12. The Morgan fingerprint density at radius 1 is 1.25 bits per heavy atom. The van der Waals surface area contributed by atoms with E-state index in [2.05, 4.69) is 28.1 Å². The summed E-state index contributed by atoms with van der Waals surface area (Å²) in [5.41, 5.74) is 3.15.